The number of aliphatic hydroxyl groups excluding tert-OH is 1. The zero-order valence-electron chi connectivity index (χ0n) is 11.4. The molecule has 0 saturated heterocycles. The molecule has 0 radical (unpaired) electrons. The number of hydrogen-bond acceptors (Lipinski definition) is 2. The Morgan fingerprint density at radius 3 is 2.56 bits per heavy atom. The highest BCUT2D eigenvalue weighted by atomic mass is 16.5. The van der Waals surface area contributed by atoms with E-state index < -0.39 is 0 Å². The molecular formula is C16H24O2. The van der Waals surface area contributed by atoms with Gasteiger partial charge in [0.15, 0.2) is 0 Å². The molecule has 0 heterocycles. The van der Waals surface area contributed by atoms with E-state index in [9.17, 15) is 0 Å². The first-order chi connectivity index (χ1) is 8.69. The standard InChI is InChI=1S/C16H24O2/c1-4-15(16-8-6-5-7-9-16)12-13(2)14(3)18-11-10-17/h5-9,13,15,17H,3-4,10-12H2,1-2H3. The molecule has 0 bridgehead atoms. The first-order valence-electron chi connectivity index (χ1n) is 6.66. The van der Waals surface area contributed by atoms with E-state index in [1.807, 2.05) is 6.07 Å². The summed E-state index contributed by atoms with van der Waals surface area (Å²) in [6, 6.07) is 10.6. The molecule has 0 spiro atoms. The molecule has 1 aromatic rings. The van der Waals surface area contributed by atoms with E-state index >= 15 is 0 Å². The van der Waals surface area contributed by atoms with Gasteiger partial charge in [-0.1, -0.05) is 50.8 Å². The number of aliphatic hydroxyl groups is 1. The van der Waals surface area contributed by atoms with E-state index in [4.69, 9.17) is 9.84 Å². The Hall–Kier alpha value is -1.28. The summed E-state index contributed by atoms with van der Waals surface area (Å²) >= 11 is 0. The van der Waals surface area contributed by atoms with E-state index in [1.54, 1.807) is 0 Å². The quantitative estimate of drug-likeness (QED) is 0.710. The minimum Gasteiger partial charge on any atom is -0.496 e. The maximum absolute atomic E-state index is 8.74. The van der Waals surface area contributed by atoms with Crippen molar-refractivity contribution in [2.75, 3.05) is 13.2 Å². The largest absolute Gasteiger partial charge is 0.496 e. The molecule has 0 aromatic heterocycles. The fraction of sp³-hybridized carbons (Fsp3) is 0.500. The third-order valence-corrected chi connectivity index (χ3v) is 3.33. The molecule has 0 aliphatic heterocycles. The summed E-state index contributed by atoms with van der Waals surface area (Å²) in [4.78, 5) is 0. The van der Waals surface area contributed by atoms with E-state index in [-0.39, 0.29) is 6.61 Å². The summed E-state index contributed by atoms with van der Waals surface area (Å²) in [5, 5.41) is 8.74. The maximum atomic E-state index is 8.74. The molecule has 0 saturated carbocycles. The number of benzene rings is 1. The van der Waals surface area contributed by atoms with Crippen LogP contribution in [-0.2, 0) is 4.74 Å². The molecular weight excluding hydrogens is 224 g/mol. The molecule has 100 valence electrons. The van der Waals surface area contributed by atoms with Gasteiger partial charge in [0.25, 0.3) is 0 Å². The van der Waals surface area contributed by atoms with Gasteiger partial charge in [0.2, 0.25) is 0 Å². The van der Waals surface area contributed by atoms with Crippen molar-refractivity contribution < 1.29 is 9.84 Å². The van der Waals surface area contributed by atoms with E-state index in [1.165, 1.54) is 5.56 Å². The van der Waals surface area contributed by atoms with Crippen LogP contribution in [0.5, 0.6) is 0 Å². The third-order valence-electron chi connectivity index (χ3n) is 3.33. The van der Waals surface area contributed by atoms with Gasteiger partial charge in [0.1, 0.15) is 6.61 Å². The minimum absolute atomic E-state index is 0.0433. The van der Waals surface area contributed by atoms with Gasteiger partial charge in [-0.15, -0.1) is 0 Å². The minimum atomic E-state index is 0.0433. The van der Waals surface area contributed by atoms with Crippen LogP contribution in [0.4, 0.5) is 0 Å². The topological polar surface area (TPSA) is 29.5 Å². The zero-order valence-corrected chi connectivity index (χ0v) is 11.4. The van der Waals surface area contributed by atoms with Crippen LogP contribution in [0, 0.1) is 5.92 Å². The van der Waals surface area contributed by atoms with Gasteiger partial charge in [-0.3, -0.25) is 0 Å². The monoisotopic (exact) mass is 248 g/mol. The highest BCUT2D eigenvalue weighted by Crippen LogP contribution is 2.29. The lowest BCUT2D eigenvalue weighted by atomic mass is 9.87. The number of hydrogen-bond donors (Lipinski definition) is 1. The van der Waals surface area contributed by atoms with Crippen LogP contribution in [0.2, 0.25) is 0 Å². The molecule has 1 aromatic carbocycles. The van der Waals surface area contributed by atoms with Crippen LogP contribution in [0.15, 0.2) is 42.7 Å². The molecule has 2 nitrogen and oxygen atoms in total. The van der Waals surface area contributed by atoms with Crippen LogP contribution in [0.3, 0.4) is 0 Å². The zero-order chi connectivity index (χ0) is 13.4. The lowest BCUT2D eigenvalue weighted by Gasteiger charge is -2.22. The normalized spacial score (nSPS) is 13.9. The van der Waals surface area contributed by atoms with Gasteiger partial charge in [0, 0.05) is 5.92 Å². The van der Waals surface area contributed by atoms with Crippen molar-refractivity contribution in [2.24, 2.45) is 5.92 Å². The third kappa shape index (κ3) is 4.53. The second-order valence-electron chi connectivity index (χ2n) is 4.69. The van der Waals surface area contributed by atoms with Crippen molar-refractivity contribution in [3.05, 3.63) is 48.2 Å². The summed E-state index contributed by atoms with van der Waals surface area (Å²) in [6.07, 6.45) is 2.15. The molecule has 0 aliphatic carbocycles. The van der Waals surface area contributed by atoms with Crippen LogP contribution in [-0.4, -0.2) is 18.3 Å². The van der Waals surface area contributed by atoms with E-state index in [2.05, 4.69) is 44.7 Å². The van der Waals surface area contributed by atoms with Crippen LogP contribution in [0.1, 0.15) is 38.2 Å². The Morgan fingerprint density at radius 1 is 1.33 bits per heavy atom. The van der Waals surface area contributed by atoms with Gasteiger partial charge in [-0.25, -0.2) is 0 Å². The van der Waals surface area contributed by atoms with Crippen molar-refractivity contribution in [1.82, 2.24) is 0 Å². The lowest BCUT2D eigenvalue weighted by Crippen LogP contribution is -2.10. The molecule has 0 aliphatic rings. The Morgan fingerprint density at radius 2 is 2.00 bits per heavy atom. The van der Waals surface area contributed by atoms with Gasteiger partial charge >= 0.3 is 0 Å². The van der Waals surface area contributed by atoms with Crippen molar-refractivity contribution in [1.29, 1.82) is 0 Å². The highest BCUT2D eigenvalue weighted by Gasteiger charge is 2.16. The molecule has 2 unspecified atom stereocenters. The Labute approximate surface area is 110 Å². The van der Waals surface area contributed by atoms with E-state index in [0.717, 1.165) is 18.6 Å². The Kier molecular flexibility index (Phi) is 6.51. The predicted molar refractivity (Wildman–Crippen MR) is 75.4 cm³/mol. The molecule has 0 fully saturated rings. The predicted octanol–water partition coefficient (Wildman–Crippen LogP) is 3.73. The van der Waals surface area contributed by atoms with Crippen LogP contribution < -0.4 is 0 Å². The lowest BCUT2D eigenvalue weighted by molar-refractivity contribution is 0.125. The van der Waals surface area contributed by atoms with Crippen molar-refractivity contribution in [3.8, 4) is 0 Å². The first kappa shape index (κ1) is 14.8. The molecule has 2 atom stereocenters. The summed E-state index contributed by atoms with van der Waals surface area (Å²) in [6.45, 7) is 8.66. The van der Waals surface area contributed by atoms with Crippen LogP contribution in [0.25, 0.3) is 0 Å². The van der Waals surface area contributed by atoms with Crippen molar-refractivity contribution >= 4 is 0 Å². The molecule has 1 N–H and O–H groups in total. The van der Waals surface area contributed by atoms with Crippen molar-refractivity contribution in [3.63, 3.8) is 0 Å². The Bertz CT molecular complexity index is 345. The molecule has 18 heavy (non-hydrogen) atoms. The summed E-state index contributed by atoms with van der Waals surface area (Å²) in [7, 11) is 0. The van der Waals surface area contributed by atoms with Crippen LogP contribution >= 0.6 is 0 Å². The highest BCUT2D eigenvalue weighted by molar-refractivity contribution is 5.19. The van der Waals surface area contributed by atoms with Gasteiger partial charge in [-0.2, -0.15) is 0 Å². The smallest absolute Gasteiger partial charge is 0.111 e. The second kappa shape index (κ2) is 7.93. The average molecular weight is 248 g/mol. The van der Waals surface area contributed by atoms with E-state index in [0.29, 0.717) is 18.4 Å². The maximum Gasteiger partial charge on any atom is 0.111 e. The SMILES string of the molecule is C=C(OCCO)C(C)CC(CC)c1ccccc1. The summed E-state index contributed by atoms with van der Waals surface area (Å²) in [5.41, 5.74) is 1.38. The van der Waals surface area contributed by atoms with Gasteiger partial charge in [-0.05, 0) is 24.3 Å². The number of allylic oxidation sites excluding steroid dienone is 1. The average Bonchev–Trinajstić information content (AvgIpc) is 2.42. The Balaban J connectivity index is 2.55. The fourth-order valence-electron chi connectivity index (χ4n) is 2.14. The summed E-state index contributed by atoms with van der Waals surface area (Å²) in [5.74, 6) is 1.62. The molecule has 1 rings (SSSR count). The first-order valence-corrected chi connectivity index (χ1v) is 6.66. The van der Waals surface area contributed by atoms with Gasteiger partial charge in [0.05, 0.1) is 12.4 Å². The number of ether oxygens (including phenoxy) is 1. The summed E-state index contributed by atoms with van der Waals surface area (Å²) < 4.78 is 5.39. The number of rotatable bonds is 8. The fourth-order valence-corrected chi connectivity index (χ4v) is 2.14. The van der Waals surface area contributed by atoms with Crippen molar-refractivity contribution in [2.45, 2.75) is 32.6 Å². The van der Waals surface area contributed by atoms with Gasteiger partial charge < -0.3 is 9.84 Å². The second-order valence-corrected chi connectivity index (χ2v) is 4.69. The molecule has 0 amide bonds. The molecule has 2 heteroatoms.